The number of rotatable bonds is 3. The van der Waals surface area contributed by atoms with Gasteiger partial charge in [0.15, 0.2) is 11.5 Å². The fourth-order valence-corrected chi connectivity index (χ4v) is 2.56. The molecule has 0 aliphatic carbocycles. The van der Waals surface area contributed by atoms with Crippen molar-refractivity contribution in [3.05, 3.63) is 23.8 Å². The maximum Gasteiger partial charge on any atom is 0.303 e. The van der Waals surface area contributed by atoms with Gasteiger partial charge < -0.3 is 14.6 Å². The van der Waals surface area contributed by atoms with Crippen LogP contribution < -0.4 is 20.3 Å². The Morgan fingerprint density at radius 1 is 1.32 bits per heavy atom. The van der Waals surface area contributed by atoms with Gasteiger partial charge in [0.2, 0.25) is 0 Å². The lowest BCUT2D eigenvalue weighted by molar-refractivity contribution is -0.138. The van der Waals surface area contributed by atoms with E-state index in [0.717, 1.165) is 17.1 Å². The first-order chi connectivity index (χ1) is 9.24. The van der Waals surface area contributed by atoms with Crippen molar-refractivity contribution in [2.45, 2.75) is 12.5 Å². The Balaban J connectivity index is 1.82. The Morgan fingerprint density at radius 2 is 2.11 bits per heavy atom. The van der Waals surface area contributed by atoms with E-state index >= 15 is 0 Å². The van der Waals surface area contributed by atoms with Crippen LogP contribution in [0, 0.1) is 5.92 Å². The van der Waals surface area contributed by atoms with Gasteiger partial charge in [0.25, 0.3) is 0 Å². The van der Waals surface area contributed by atoms with Crippen molar-refractivity contribution in [2.24, 2.45) is 5.92 Å². The Morgan fingerprint density at radius 3 is 2.89 bits per heavy atom. The molecule has 0 saturated carbocycles. The van der Waals surface area contributed by atoms with Gasteiger partial charge in [-0.25, -0.2) is 5.43 Å². The Bertz CT molecular complexity index is 492. The molecule has 6 heteroatoms. The van der Waals surface area contributed by atoms with E-state index in [1.165, 1.54) is 0 Å². The zero-order chi connectivity index (χ0) is 13.2. The molecule has 2 unspecified atom stereocenters. The highest BCUT2D eigenvalue weighted by Gasteiger charge is 2.30. The molecule has 1 aromatic rings. The molecule has 102 valence electrons. The van der Waals surface area contributed by atoms with Crippen LogP contribution in [-0.4, -0.2) is 30.8 Å². The molecule has 2 atom stereocenters. The van der Waals surface area contributed by atoms with Gasteiger partial charge >= 0.3 is 5.97 Å². The van der Waals surface area contributed by atoms with E-state index in [-0.39, 0.29) is 18.4 Å². The highest BCUT2D eigenvalue weighted by atomic mass is 16.6. The minimum absolute atomic E-state index is 0.0214. The summed E-state index contributed by atoms with van der Waals surface area (Å²) in [4.78, 5) is 10.9. The molecule has 2 aliphatic heterocycles. The van der Waals surface area contributed by atoms with E-state index in [0.29, 0.717) is 19.8 Å². The standard InChI is InChI=1S/C13H16N2O4/c16-12(17)6-9-7-14-15-13(9)8-1-2-10-11(5-8)19-4-3-18-10/h1-2,5,9,13-15H,3-4,6-7H2,(H,16,17). The number of hydrogen-bond acceptors (Lipinski definition) is 5. The lowest BCUT2D eigenvalue weighted by Gasteiger charge is -2.22. The number of carboxylic acids is 1. The summed E-state index contributed by atoms with van der Waals surface area (Å²) in [5, 5.41) is 8.93. The summed E-state index contributed by atoms with van der Waals surface area (Å²) < 4.78 is 11.0. The molecule has 2 aliphatic rings. The van der Waals surface area contributed by atoms with Gasteiger partial charge in [0, 0.05) is 12.5 Å². The van der Waals surface area contributed by atoms with Crippen LogP contribution in [0.5, 0.6) is 11.5 Å². The molecule has 1 saturated heterocycles. The van der Waals surface area contributed by atoms with E-state index in [1.807, 2.05) is 18.2 Å². The first-order valence-corrected chi connectivity index (χ1v) is 6.34. The zero-order valence-corrected chi connectivity index (χ0v) is 10.4. The molecule has 0 radical (unpaired) electrons. The average molecular weight is 264 g/mol. The van der Waals surface area contributed by atoms with E-state index in [9.17, 15) is 4.79 Å². The highest BCUT2D eigenvalue weighted by Crippen LogP contribution is 2.35. The molecule has 19 heavy (non-hydrogen) atoms. The Hall–Kier alpha value is -1.79. The third-order valence-electron chi connectivity index (χ3n) is 3.46. The molecule has 1 aromatic carbocycles. The van der Waals surface area contributed by atoms with E-state index in [2.05, 4.69) is 10.9 Å². The first kappa shape index (κ1) is 12.3. The number of hydrazine groups is 1. The molecule has 0 amide bonds. The minimum atomic E-state index is -0.780. The summed E-state index contributed by atoms with van der Waals surface area (Å²) in [7, 11) is 0. The van der Waals surface area contributed by atoms with Crippen molar-refractivity contribution >= 4 is 5.97 Å². The van der Waals surface area contributed by atoms with Crippen molar-refractivity contribution < 1.29 is 19.4 Å². The topological polar surface area (TPSA) is 79.8 Å². The van der Waals surface area contributed by atoms with E-state index in [4.69, 9.17) is 14.6 Å². The molecule has 3 rings (SSSR count). The molecule has 0 spiro atoms. The summed E-state index contributed by atoms with van der Waals surface area (Å²) in [6, 6.07) is 5.73. The largest absolute Gasteiger partial charge is 0.486 e. The maximum absolute atomic E-state index is 10.9. The second-order valence-electron chi connectivity index (χ2n) is 4.76. The predicted octanol–water partition coefficient (Wildman–Crippen LogP) is 0.698. The van der Waals surface area contributed by atoms with Crippen molar-refractivity contribution in [3.8, 4) is 11.5 Å². The monoisotopic (exact) mass is 264 g/mol. The maximum atomic E-state index is 10.9. The van der Waals surface area contributed by atoms with Gasteiger partial charge in [-0.15, -0.1) is 0 Å². The summed E-state index contributed by atoms with van der Waals surface area (Å²) in [6.07, 6.45) is 0.138. The number of aliphatic carboxylic acids is 1. The van der Waals surface area contributed by atoms with Crippen LogP contribution in [0.15, 0.2) is 18.2 Å². The normalized spacial score (nSPS) is 25.3. The Labute approximate surface area is 110 Å². The summed E-state index contributed by atoms with van der Waals surface area (Å²) in [5.41, 5.74) is 7.16. The summed E-state index contributed by atoms with van der Waals surface area (Å²) in [5.74, 6) is 0.723. The highest BCUT2D eigenvalue weighted by molar-refractivity contribution is 5.67. The number of ether oxygens (including phenoxy) is 2. The minimum Gasteiger partial charge on any atom is -0.486 e. The van der Waals surface area contributed by atoms with Gasteiger partial charge in [0.05, 0.1) is 12.5 Å². The molecule has 2 heterocycles. The van der Waals surface area contributed by atoms with Gasteiger partial charge in [-0.2, -0.15) is 0 Å². The quantitative estimate of drug-likeness (QED) is 0.745. The SMILES string of the molecule is O=C(O)CC1CNNC1c1ccc2c(c1)OCCO2. The van der Waals surface area contributed by atoms with Gasteiger partial charge in [-0.1, -0.05) is 6.07 Å². The predicted molar refractivity (Wildman–Crippen MR) is 67.1 cm³/mol. The number of carbonyl (C=O) groups is 1. The molecule has 6 nitrogen and oxygen atoms in total. The second kappa shape index (κ2) is 5.07. The van der Waals surface area contributed by atoms with Gasteiger partial charge in [-0.3, -0.25) is 10.2 Å². The van der Waals surface area contributed by atoms with Crippen LogP contribution in [0.1, 0.15) is 18.0 Å². The van der Waals surface area contributed by atoms with Crippen molar-refractivity contribution in [1.82, 2.24) is 10.9 Å². The number of hydrogen-bond donors (Lipinski definition) is 3. The van der Waals surface area contributed by atoms with Crippen LogP contribution in [-0.2, 0) is 4.79 Å². The third kappa shape index (κ3) is 2.50. The zero-order valence-electron chi connectivity index (χ0n) is 10.4. The fourth-order valence-electron chi connectivity index (χ4n) is 2.56. The van der Waals surface area contributed by atoms with Crippen LogP contribution in [0.4, 0.5) is 0 Å². The third-order valence-corrected chi connectivity index (χ3v) is 3.46. The molecule has 0 aromatic heterocycles. The Kier molecular flexibility index (Phi) is 3.27. The molecular weight excluding hydrogens is 248 g/mol. The van der Waals surface area contributed by atoms with Crippen molar-refractivity contribution in [3.63, 3.8) is 0 Å². The number of carboxylic acid groups (broad SMARTS) is 1. The van der Waals surface area contributed by atoms with Crippen molar-refractivity contribution in [1.29, 1.82) is 0 Å². The van der Waals surface area contributed by atoms with Gasteiger partial charge in [-0.05, 0) is 17.7 Å². The second-order valence-corrected chi connectivity index (χ2v) is 4.76. The molecular formula is C13H16N2O4. The number of fused-ring (bicyclic) bond motifs is 1. The summed E-state index contributed by atoms with van der Waals surface area (Å²) >= 11 is 0. The number of benzene rings is 1. The first-order valence-electron chi connectivity index (χ1n) is 6.34. The van der Waals surface area contributed by atoms with E-state index in [1.54, 1.807) is 0 Å². The molecule has 3 N–H and O–H groups in total. The van der Waals surface area contributed by atoms with Crippen LogP contribution in [0.25, 0.3) is 0 Å². The molecule has 0 bridgehead atoms. The van der Waals surface area contributed by atoms with Crippen molar-refractivity contribution in [2.75, 3.05) is 19.8 Å². The average Bonchev–Trinajstić information content (AvgIpc) is 2.85. The lowest BCUT2D eigenvalue weighted by atomic mass is 9.92. The summed E-state index contributed by atoms with van der Waals surface area (Å²) in [6.45, 7) is 1.76. The van der Waals surface area contributed by atoms with Crippen LogP contribution >= 0.6 is 0 Å². The smallest absolute Gasteiger partial charge is 0.303 e. The van der Waals surface area contributed by atoms with Gasteiger partial charge in [0.1, 0.15) is 13.2 Å². The van der Waals surface area contributed by atoms with Crippen LogP contribution in [0.2, 0.25) is 0 Å². The van der Waals surface area contributed by atoms with E-state index < -0.39 is 5.97 Å². The lowest BCUT2D eigenvalue weighted by Crippen LogP contribution is -2.25. The van der Waals surface area contributed by atoms with Crippen LogP contribution in [0.3, 0.4) is 0 Å². The molecule has 1 fully saturated rings. The fraction of sp³-hybridized carbons (Fsp3) is 0.462. The number of nitrogens with one attached hydrogen (secondary N) is 2.